The first-order chi connectivity index (χ1) is 9.69. The van der Waals surface area contributed by atoms with Gasteiger partial charge in [-0.1, -0.05) is 20.8 Å². The number of hydrogen-bond acceptors (Lipinski definition) is 3. The molecule has 0 amide bonds. The molecule has 20 heavy (non-hydrogen) atoms. The van der Waals surface area contributed by atoms with Crippen LogP contribution in [0.2, 0.25) is 0 Å². The Kier molecular flexibility index (Phi) is 4.84. The van der Waals surface area contributed by atoms with Gasteiger partial charge in [0, 0.05) is 19.4 Å². The second kappa shape index (κ2) is 6.61. The Bertz CT molecular complexity index is 577. The van der Waals surface area contributed by atoms with E-state index < -0.39 is 0 Å². The van der Waals surface area contributed by atoms with E-state index in [2.05, 4.69) is 15.4 Å². The maximum absolute atomic E-state index is 13.5. The number of aromatic nitrogens is 3. The zero-order chi connectivity index (χ0) is 14.5. The molecule has 2 aromatic rings. The summed E-state index contributed by atoms with van der Waals surface area (Å²) in [7, 11) is 0. The minimum absolute atomic E-state index is 0.226. The van der Waals surface area contributed by atoms with E-state index in [1.807, 2.05) is 25.5 Å². The number of aryl methyl sites for hydroxylation is 2. The normalized spacial score (nSPS) is 11.0. The first-order valence-corrected chi connectivity index (χ1v) is 7.13. The highest BCUT2D eigenvalue weighted by Gasteiger charge is 2.13. The third-order valence-electron chi connectivity index (χ3n) is 3.19. The summed E-state index contributed by atoms with van der Waals surface area (Å²) in [6.07, 6.45) is 1.59. The number of nitrogens with zero attached hydrogens (tertiary/aromatic N) is 3. The Morgan fingerprint density at radius 3 is 2.65 bits per heavy atom. The summed E-state index contributed by atoms with van der Waals surface area (Å²) >= 11 is 0. The van der Waals surface area contributed by atoms with Gasteiger partial charge in [-0.3, -0.25) is 0 Å². The van der Waals surface area contributed by atoms with E-state index in [1.165, 1.54) is 6.07 Å². The summed E-state index contributed by atoms with van der Waals surface area (Å²) in [6.45, 7) is 7.57. The van der Waals surface area contributed by atoms with Crippen molar-refractivity contribution < 1.29 is 4.39 Å². The topological polar surface area (TPSA) is 42.7 Å². The maximum atomic E-state index is 13.5. The molecule has 1 aromatic carbocycles. The van der Waals surface area contributed by atoms with Crippen LogP contribution in [0.15, 0.2) is 18.2 Å². The predicted octanol–water partition coefficient (Wildman–Crippen LogP) is 2.64. The Morgan fingerprint density at radius 1 is 1.20 bits per heavy atom. The van der Waals surface area contributed by atoms with Crippen LogP contribution in [-0.4, -0.2) is 21.3 Å². The van der Waals surface area contributed by atoms with Crippen molar-refractivity contribution >= 4 is 0 Å². The van der Waals surface area contributed by atoms with Gasteiger partial charge in [-0.05, 0) is 30.3 Å². The maximum Gasteiger partial charge on any atom is 0.151 e. The molecule has 0 unspecified atom stereocenters. The predicted molar refractivity (Wildman–Crippen MR) is 77.5 cm³/mol. The fourth-order valence-electron chi connectivity index (χ4n) is 2.13. The van der Waals surface area contributed by atoms with Gasteiger partial charge in [0.15, 0.2) is 5.82 Å². The van der Waals surface area contributed by atoms with Gasteiger partial charge in [0.05, 0.1) is 5.69 Å². The standard InChI is InChI=1S/C15H21FN4/c1-4-14-18-15(5-2)20(19-14)13-8-7-12(16)9-11(13)10-17-6-3/h7-9,17H,4-6,10H2,1-3H3. The molecule has 1 heterocycles. The Balaban J connectivity index is 2.47. The summed E-state index contributed by atoms with van der Waals surface area (Å²) in [5.41, 5.74) is 1.80. The molecule has 0 spiro atoms. The Morgan fingerprint density at radius 2 is 2.00 bits per heavy atom. The van der Waals surface area contributed by atoms with Crippen molar-refractivity contribution in [3.8, 4) is 5.69 Å². The van der Waals surface area contributed by atoms with E-state index in [9.17, 15) is 4.39 Å². The monoisotopic (exact) mass is 276 g/mol. The second-order valence-corrected chi connectivity index (χ2v) is 4.62. The highest BCUT2D eigenvalue weighted by molar-refractivity contribution is 5.41. The molecule has 0 bridgehead atoms. The van der Waals surface area contributed by atoms with Crippen LogP contribution < -0.4 is 5.32 Å². The number of rotatable bonds is 6. The molecule has 0 fully saturated rings. The van der Waals surface area contributed by atoms with Crippen LogP contribution in [-0.2, 0) is 19.4 Å². The quantitative estimate of drug-likeness (QED) is 0.882. The highest BCUT2D eigenvalue weighted by atomic mass is 19.1. The molecule has 2 rings (SSSR count). The molecule has 0 radical (unpaired) electrons. The third-order valence-corrected chi connectivity index (χ3v) is 3.19. The number of halogens is 1. The third kappa shape index (κ3) is 3.04. The fraction of sp³-hybridized carbons (Fsp3) is 0.467. The van der Waals surface area contributed by atoms with Crippen molar-refractivity contribution in [2.45, 2.75) is 40.2 Å². The smallest absolute Gasteiger partial charge is 0.151 e. The van der Waals surface area contributed by atoms with Gasteiger partial charge >= 0.3 is 0 Å². The van der Waals surface area contributed by atoms with Crippen LogP contribution in [0.3, 0.4) is 0 Å². The Labute approximate surface area is 119 Å². The summed E-state index contributed by atoms with van der Waals surface area (Å²) in [6, 6.07) is 4.80. The van der Waals surface area contributed by atoms with Crippen LogP contribution in [0.1, 0.15) is 38.0 Å². The molecule has 1 aromatic heterocycles. The second-order valence-electron chi connectivity index (χ2n) is 4.62. The summed E-state index contributed by atoms with van der Waals surface area (Å²) in [5, 5.41) is 7.76. The van der Waals surface area contributed by atoms with Crippen molar-refractivity contribution in [1.29, 1.82) is 0 Å². The zero-order valence-corrected chi connectivity index (χ0v) is 12.3. The van der Waals surface area contributed by atoms with Crippen LogP contribution in [0.4, 0.5) is 4.39 Å². The van der Waals surface area contributed by atoms with E-state index >= 15 is 0 Å². The lowest BCUT2D eigenvalue weighted by molar-refractivity contribution is 0.619. The van der Waals surface area contributed by atoms with E-state index in [0.29, 0.717) is 6.54 Å². The van der Waals surface area contributed by atoms with Crippen molar-refractivity contribution in [3.05, 3.63) is 41.2 Å². The van der Waals surface area contributed by atoms with E-state index in [4.69, 9.17) is 0 Å². The largest absolute Gasteiger partial charge is 0.313 e. The highest BCUT2D eigenvalue weighted by Crippen LogP contribution is 2.18. The average molecular weight is 276 g/mol. The molecule has 0 atom stereocenters. The minimum Gasteiger partial charge on any atom is -0.313 e. The van der Waals surface area contributed by atoms with Crippen molar-refractivity contribution in [3.63, 3.8) is 0 Å². The number of nitrogens with one attached hydrogen (secondary N) is 1. The summed E-state index contributed by atoms with van der Waals surface area (Å²) in [5.74, 6) is 1.50. The molecule has 0 aliphatic heterocycles. The molecular formula is C15H21FN4. The lowest BCUT2D eigenvalue weighted by Gasteiger charge is -2.11. The van der Waals surface area contributed by atoms with Gasteiger partial charge < -0.3 is 5.32 Å². The average Bonchev–Trinajstić information content (AvgIpc) is 2.88. The van der Waals surface area contributed by atoms with E-state index in [-0.39, 0.29) is 5.82 Å². The molecule has 1 N–H and O–H groups in total. The molecule has 0 saturated heterocycles. The van der Waals surface area contributed by atoms with Crippen molar-refractivity contribution in [2.75, 3.05) is 6.54 Å². The van der Waals surface area contributed by atoms with Crippen LogP contribution in [0.25, 0.3) is 5.69 Å². The lowest BCUT2D eigenvalue weighted by atomic mass is 10.1. The molecule has 5 heteroatoms. The van der Waals surface area contributed by atoms with Crippen LogP contribution >= 0.6 is 0 Å². The Hall–Kier alpha value is -1.75. The van der Waals surface area contributed by atoms with Gasteiger partial charge in [0.2, 0.25) is 0 Å². The SMILES string of the molecule is CCNCc1cc(F)ccc1-n1nc(CC)nc1CC. The van der Waals surface area contributed by atoms with E-state index in [0.717, 1.165) is 42.3 Å². The van der Waals surface area contributed by atoms with Crippen molar-refractivity contribution in [2.24, 2.45) is 0 Å². The first-order valence-electron chi connectivity index (χ1n) is 7.13. The van der Waals surface area contributed by atoms with Gasteiger partial charge in [-0.2, -0.15) is 5.10 Å². The van der Waals surface area contributed by atoms with E-state index in [1.54, 1.807) is 12.1 Å². The number of hydrogen-bond donors (Lipinski definition) is 1. The van der Waals surface area contributed by atoms with Crippen molar-refractivity contribution in [1.82, 2.24) is 20.1 Å². The van der Waals surface area contributed by atoms with Gasteiger partial charge in [-0.25, -0.2) is 14.1 Å². The molecule has 108 valence electrons. The van der Waals surface area contributed by atoms with Gasteiger partial charge in [-0.15, -0.1) is 0 Å². The first kappa shape index (κ1) is 14.7. The zero-order valence-electron chi connectivity index (χ0n) is 12.3. The van der Waals surface area contributed by atoms with Gasteiger partial charge in [0.1, 0.15) is 11.6 Å². The molecule has 4 nitrogen and oxygen atoms in total. The minimum atomic E-state index is -0.226. The summed E-state index contributed by atoms with van der Waals surface area (Å²) < 4.78 is 15.3. The lowest BCUT2D eigenvalue weighted by Crippen LogP contribution is -2.15. The molecule has 0 saturated carbocycles. The molecule has 0 aliphatic carbocycles. The molecular weight excluding hydrogens is 255 g/mol. The number of benzene rings is 1. The fourth-order valence-corrected chi connectivity index (χ4v) is 2.13. The van der Waals surface area contributed by atoms with Gasteiger partial charge in [0.25, 0.3) is 0 Å². The van der Waals surface area contributed by atoms with Crippen LogP contribution in [0.5, 0.6) is 0 Å². The summed E-state index contributed by atoms with van der Waals surface area (Å²) in [4.78, 5) is 4.51. The molecule has 0 aliphatic rings. The van der Waals surface area contributed by atoms with Crippen LogP contribution in [0, 0.1) is 5.82 Å².